The molecule has 3 nitrogen and oxygen atoms in total. The largest absolute Gasteiger partial charge is 0.364 e. The second-order valence-electron chi connectivity index (χ2n) is 4.69. The molecule has 2 rings (SSSR count). The fraction of sp³-hybridized carbons (Fsp3) is 0.467. The summed E-state index contributed by atoms with van der Waals surface area (Å²) in [5.74, 6) is 0. The molecule has 1 N–H and O–H groups in total. The molecule has 1 saturated heterocycles. The molecular formula is C15H20O3. The zero-order valence-electron chi connectivity index (χ0n) is 10.8. The lowest BCUT2D eigenvalue weighted by Gasteiger charge is -2.25. The smallest absolute Gasteiger partial charge is 0.184 e. The molecule has 1 aromatic carbocycles. The van der Waals surface area contributed by atoms with Crippen LogP contribution in [-0.4, -0.2) is 18.0 Å². The van der Waals surface area contributed by atoms with E-state index in [1.54, 1.807) is 0 Å². The molecule has 2 atom stereocenters. The highest BCUT2D eigenvalue weighted by Gasteiger charge is 2.19. The second kappa shape index (κ2) is 6.14. The molecule has 0 spiro atoms. The van der Waals surface area contributed by atoms with Crippen LogP contribution in [-0.2, 0) is 9.47 Å². The second-order valence-corrected chi connectivity index (χ2v) is 4.69. The van der Waals surface area contributed by atoms with Gasteiger partial charge in [0.15, 0.2) is 12.6 Å². The first kappa shape index (κ1) is 13.3. The summed E-state index contributed by atoms with van der Waals surface area (Å²) in [6, 6.07) is 7.59. The third-order valence-electron chi connectivity index (χ3n) is 3.11. The summed E-state index contributed by atoms with van der Waals surface area (Å²) in [4.78, 5) is 0. The van der Waals surface area contributed by atoms with Crippen molar-refractivity contribution in [3.63, 3.8) is 0 Å². The van der Waals surface area contributed by atoms with Gasteiger partial charge in [-0.2, -0.15) is 0 Å². The maximum absolute atomic E-state index is 9.98. The van der Waals surface area contributed by atoms with E-state index in [-0.39, 0.29) is 6.29 Å². The molecule has 0 amide bonds. The molecule has 1 aliphatic rings. The minimum Gasteiger partial charge on any atom is -0.364 e. The maximum atomic E-state index is 9.98. The van der Waals surface area contributed by atoms with E-state index in [0.29, 0.717) is 6.61 Å². The van der Waals surface area contributed by atoms with Crippen molar-refractivity contribution < 1.29 is 14.6 Å². The van der Waals surface area contributed by atoms with E-state index in [0.717, 1.165) is 36.0 Å². The van der Waals surface area contributed by atoms with Crippen LogP contribution < -0.4 is 0 Å². The molecule has 1 fully saturated rings. The van der Waals surface area contributed by atoms with E-state index >= 15 is 0 Å². The Morgan fingerprint density at radius 2 is 2.11 bits per heavy atom. The molecule has 0 bridgehead atoms. The highest BCUT2D eigenvalue weighted by atomic mass is 16.7. The fourth-order valence-corrected chi connectivity index (χ4v) is 1.97. The first-order valence-electron chi connectivity index (χ1n) is 6.38. The highest BCUT2D eigenvalue weighted by Crippen LogP contribution is 2.23. The summed E-state index contributed by atoms with van der Waals surface area (Å²) < 4.78 is 10.9. The van der Waals surface area contributed by atoms with Gasteiger partial charge in [-0.3, -0.25) is 0 Å². The van der Waals surface area contributed by atoms with Crippen molar-refractivity contribution in [2.24, 2.45) is 0 Å². The van der Waals surface area contributed by atoms with Crippen LogP contribution in [0.2, 0.25) is 0 Å². The van der Waals surface area contributed by atoms with Crippen LogP contribution in [0.4, 0.5) is 0 Å². The molecule has 1 aromatic rings. The van der Waals surface area contributed by atoms with E-state index in [9.17, 15) is 5.11 Å². The lowest BCUT2D eigenvalue weighted by molar-refractivity contribution is -0.243. The van der Waals surface area contributed by atoms with Crippen LogP contribution >= 0.6 is 0 Å². The minimum absolute atomic E-state index is 0.283. The van der Waals surface area contributed by atoms with E-state index < -0.39 is 6.29 Å². The van der Waals surface area contributed by atoms with Crippen molar-refractivity contribution in [2.75, 3.05) is 6.61 Å². The number of aliphatic hydroxyl groups excluding tert-OH is 1. The van der Waals surface area contributed by atoms with Gasteiger partial charge < -0.3 is 14.6 Å². The Bertz CT molecular complexity index is 391. The number of rotatable bonds is 4. The number of ether oxygens (including phenoxy) is 2. The molecule has 1 aliphatic heterocycles. The van der Waals surface area contributed by atoms with Crippen LogP contribution in [0.3, 0.4) is 0 Å². The van der Waals surface area contributed by atoms with Crippen molar-refractivity contribution in [2.45, 2.75) is 38.8 Å². The van der Waals surface area contributed by atoms with Gasteiger partial charge in [0.05, 0.1) is 0 Å². The van der Waals surface area contributed by atoms with Crippen LogP contribution in [0.1, 0.15) is 43.6 Å². The fourth-order valence-electron chi connectivity index (χ4n) is 1.97. The molecular weight excluding hydrogens is 228 g/mol. The summed E-state index contributed by atoms with van der Waals surface area (Å²) in [6.45, 7) is 6.55. The lowest BCUT2D eigenvalue weighted by Crippen LogP contribution is -2.24. The Balaban J connectivity index is 1.95. The summed E-state index contributed by atoms with van der Waals surface area (Å²) in [6.07, 6.45) is 1.80. The predicted octanol–water partition coefficient (Wildman–Crippen LogP) is 3.25. The Morgan fingerprint density at radius 1 is 1.39 bits per heavy atom. The Hall–Kier alpha value is -1.16. The molecule has 1 heterocycles. The van der Waals surface area contributed by atoms with Crippen molar-refractivity contribution >= 4 is 5.57 Å². The Kier molecular flexibility index (Phi) is 4.53. The zero-order valence-corrected chi connectivity index (χ0v) is 10.8. The molecule has 3 heteroatoms. The normalized spacial score (nSPS) is 21.6. The van der Waals surface area contributed by atoms with E-state index in [1.807, 2.05) is 31.2 Å². The van der Waals surface area contributed by atoms with Crippen molar-refractivity contribution in [3.05, 3.63) is 42.0 Å². The van der Waals surface area contributed by atoms with Gasteiger partial charge in [0.25, 0.3) is 0 Å². The van der Waals surface area contributed by atoms with E-state index in [1.165, 1.54) is 0 Å². The molecule has 0 aromatic heterocycles. The highest BCUT2D eigenvalue weighted by molar-refractivity contribution is 5.61. The van der Waals surface area contributed by atoms with Crippen molar-refractivity contribution in [1.29, 1.82) is 0 Å². The number of hydrogen-bond acceptors (Lipinski definition) is 3. The minimum atomic E-state index is -0.924. The molecule has 0 radical (unpaired) electrons. The van der Waals surface area contributed by atoms with Gasteiger partial charge in [-0.05, 0) is 31.7 Å². The summed E-state index contributed by atoms with van der Waals surface area (Å²) in [5, 5.41) is 9.98. The van der Waals surface area contributed by atoms with Crippen LogP contribution in [0.25, 0.3) is 5.57 Å². The van der Waals surface area contributed by atoms with Gasteiger partial charge in [-0.15, -0.1) is 0 Å². The van der Waals surface area contributed by atoms with Crippen molar-refractivity contribution in [1.82, 2.24) is 0 Å². The van der Waals surface area contributed by atoms with Gasteiger partial charge in [-0.25, -0.2) is 0 Å². The summed E-state index contributed by atoms with van der Waals surface area (Å²) >= 11 is 0. The SMILES string of the molecule is C=C(C)c1ccc(C(O)OC2CCCCO2)cc1. The molecule has 18 heavy (non-hydrogen) atoms. The Labute approximate surface area is 108 Å². The molecule has 0 aliphatic carbocycles. The lowest BCUT2D eigenvalue weighted by atomic mass is 10.1. The van der Waals surface area contributed by atoms with Gasteiger partial charge >= 0.3 is 0 Å². The number of aliphatic hydroxyl groups is 1. The zero-order chi connectivity index (χ0) is 13.0. The van der Waals surface area contributed by atoms with Gasteiger partial charge in [0.1, 0.15) is 0 Å². The third kappa shape index (κ3) is 3.42. The van der Waals surface area contributed by atoms with Crippen LogP contribution in [0.15, 0.2) is 30.8 Å². The van der Waals surface area contributed by atoms with Crippen molar-refractivity contribution in [3.8, 4) is 0 Å². The first-order chi connectivity index (χ1) is 8.66. The average Bonchev–Trinajstić information content (AvgIpc) is 2.40. The van der Waals surface area contributed by atoms with Crippen LogP contribution in [0.5, 0.6) is 0 Å². The topological polar surface area (TPSA) is 38.7 Å². The summed E-state index contributed by atoms with van der Waals surface area (Å²) in [5.41, 5.74) is 2.82. The van der Waals surface area contributed by atoms with E-state index in [2.05, 4.69) is 6.58 Å². The van der Waals surface area contributed by atoms with Gasteiger partial charge in [0.2, 0.25) is 0 Å². The van der Waals surface area contributed by atoms with Crippen LogP contribution in [0, 0.1) is 0 Å². The number of hydrogen-bond donors (Lipinski definition) is 1. The Morgan fingerprint density at radius 3 is 2.67 bits per heavy atom. The quantitative estimate of drug-likeness (QED) is 0.831. The molecule has 98 valence electrons. The first-order valence-corrected chi connectivity index (χ1v) is 6.38. The summed E-state index contributed by atoms with van der Waals surface area (Å²) in [7, 11) is 0. The van der Waals surface area contributed by atoms with E-state index in [4.69, 9.17) is 9.47 Å². The number of benzene rings is 1. The van der Waals surface area contributed by atoms with Gasteiger partial charge in [0, 0.05) is 12.2 Å². The standard InChI is InChI=1S/C15H20O3/c1-11(2)12-6-8-13(9-7-12)15(16)18-14-5-3-4-10-17-14/h6-9,14-16H,1,3-5,10H2,2H3. The molecule has 2 unspecified atom stereocenters. The van der Waals surface area contributed by atoms with Gasteiger partial charge in [-0.1, -0.05) is 36.4 Å². The number of allylic oxidation sites excluding steroid dienone is 1. The third-order valence-corrected chi connectivity index (χ3v) is 3.11. The maximum Gasteiger partial charge on any atom is 0.184 e. The molecule has 0 saturated carbocycles. The predicted molar refractivity (Wildman–Crippen MR) is 70.8 cm³/mol. The average molecular weight is 248 g/mol. The monoisotopic (exact) mass is 248 g/mol.